The number of nitrogens with two attached hydrogens (primary N) is 1. The van der Waals surface area contributed by atoms with Gasteiger partial charge in [0.05, 0.1) is 0 Å². The van der Waals surface area contributed by atoms with E-state index in [1.165, 1.54) is 19.3 Å². The summed E-state index contributed by atoms with van der Waals surface area (Å²) < 4.78 is 0. The molecule has 0 aromatic carbocycles. The first-order chi connectivity index (χ1) is 8.42. The fourth-order valence-electron chi connectivity index (χ4n) is 3.00. The number of carbonyl (C=O) groups excluding carboxylic acids is 1. The van der Waals surface area contributed by atoms with Gasteiger partial charge in [-0.1, -0.05) is 33.6 Å². The predicted octanol–water partition coefficient (Wildman–Crippen LogP) is 2.65. The van der Waals surface area contributed by atoms with Gasteiger partial charge < -0.3 is 10.6 Å². The van der Waals surface area contributed by atoms with Crippen molar-refractivity contribution in [1.29, 1.82) is 0 Å². The summed E-state index contributed by atoms with van der Waals surface area (Å²) in [5, 5.41) is 0. The molecule has 0 aromatic heterocycles. The summed E-state index contributed by atoms with van der Waals surface area (Å²) in [5.41, 5.74) is 5.83. The van der Waals surface area contributed by atoms with Gasteiger partial charge in [0.2, 0.25) is 5.91 Å². The minimum absolute atomic E-state index is 0.161. The summed E-state index contributed by atoms with van der Waals surface area (Å²) in [7, 11) is 0. The fourth-order valence-corrected chi connectivity index (χ4v) is 3.00. The standard InChI is InChI=1S/C15H30N2O/c1-5-17(11-12(2)10-16)14(18)13-8-6-7-9-15(13,3)4/h12-13H,5-11,16H2,1-4H3. The van der Waals surface area contributed by atoms with E-state index < -0.39 is 0 Å². The number of hydrogen-bond donors (Lipinski definition) is 1. The zero-order valence-electron chi connectivity index (χ0n) is 12.5. The van der Waals surface area contributed by atoms with Crippen LogP contribution in [0.5, 0.6) is 0 Å². The molecule has 1 saturated carbocycles. The topological polar surface area (TPSA) is 46.3 Å². The maximum absolute atomic E-state index is 12.7. The molecule has 1 aliphatic rings. The van der Waals surface area contributed by atoms with Crippen molar-refractivity contribution in [1.82, 2.24) is 4.90 Å². The molecule has 3 heteroatoms. The largest absolute Gasteiger partial charge is 0.342 e. The van der Waals surface area contributed by atoms with Crippen molar-refractivity contribution in [3.8, 4) is 0 Å². The molecule has 0 saturated heterocycles. The average molecular weight is 254 g/mol. The van der Waals surface area contributed by atoms with Crippen LogP contribution in [0.3, 0.4) is 0 Å². The Hall–Kier alpha value is -0.570. The summed E-state index contributed by atoms with van der Waals surface area (Å²) in [6.45, 7) is 10.9. The molecule has 0 heterocycles. The Kier molecular flexibility index (Phi) is 5.64. The monoisotopic (exact) mass is 254 g/mol. The van der Waals surface area contributed by atoms with E-state index in [1.54, 1.807) is 0 Å². The SMILES string of the molecule is CCN(CC(C)CN)C(=O)C1CCCCC1(C)C. The van der Waals surface area contributed by atoms with Crippen molar-refractivity contribution in [2.45, 2.75) is 53.4 Å². The summed E-state index contributed by atoms with van der Waals surface area (Å²) in [6.07, 6.45) is 4.69. The second-order valence-electron chi connectivity index (χ2n) is 6.50. The van der Waals surface area contributed by atoms with Gasteiger partial charge in [-0.25, -0.2) is 0 Å². The summed E-state index contributed by atoms with van der Waals surface area (Å²) in [6, 6.07) is 0. The lowest BCUT2D eigenvalue weighted by molar-refractivity contribution is -0.141. The Balaban J connectivity index is 2.70. The van der Waals surface area contributed by atoms with Gasteiger partial charge in [0.25, 0.3) is 0 Å². The van der Waals surface area contributed by atoms with Crippen LogP contribution in [0, 0.1) is 17.3 Å². The van der Waals surface area contributed by atoms with Gasteiger partial charge in [0.15, 0.2) is 0 Å². The first-order valence-corrected chi connectivity index (χ1v) is 7.41. The zero-order valence-corrected chi connectivity index (χ0v) is 12.5. The van der Waals surface area contributed by atoms with Crippen LogP contribution in [0.4, 0.5) is 0 Å². The van der Waals surface area contributed by atoms with Gasteiger partial charge in [-0.2, -0.15) is 0 Å². The normalized spacial score (nSPS) is 24.6. The molecule has 0 bridgehead atoms. The van der Waals surface area contributed by atoms with Crippen molar-refractivity contribution in [2.75, 3.05) is 19.6 Å². The lowest BCUT2D eigenvalue weighted by atomic mass is 9.68. The summed E-state index contributed by atoms with van der Waals surface area (Å²) >= 11 is 0. The molecular formula is C15H30N2O. The number of rotatable bonds is 5. The molecule has 2 unspecified atom stereocenters. The highest BCUT2D eigenvalue weighted by Gasteiger charge is 2.38. The van der Waals surface area contributed by atoms with Gasteiger partial charge in [0, 0.05) is 19.0 Å². The van der Waals surface area contributed by atoms with Gasteiger partial charge >= 0.3 is 0 Å². The van der Waals surface area contributed by atoms with Gasteiger partial charge in [-0.15, -0.1) is 0 Å². The van der Waals surface area contributed by atoms with Gasteiger partial charge in [-0.3, -0.25) is 4.79 Å². The molecular weight excluding hydrogens is 224 g/mol. The van der Waals surface area contributed by atoms with Crippen molar-refractivity contribution >= 4 is 5.91 Å². The lowest BCUT2D eigenvalue weighted by Gasteiger charge is -2.40. The molecule has 1 aliphatic carbocycles. The fraction of sp³-hybridized carbons (Fsp3) is 0.933. The third-order valence-electron chi connectivity index (χ3n) is 4.43. The van der Waals surface area contributed by atoms with Gasteiger partial charge in [0.1, 0.15) is 0 Å². The van der Waals surface area contributed by atoms with E-state index in [0.29, 0.717) is 18.4 Å². The first-order valence-electron chi connectivity index (χ1n) is 7.41. The molecule has 1 amide bonds. The van der Waals surface area contributed by atoms with Crippen LogP contribution >= 0.6 is 0 Å². The van der Waals surface area contributed by atoms with Crippen molar-refractivity contribution in [2.24, 2.45) is 23.0 Å². The molecule has 2 N–H and O–H groups in total. The van der Waals surface area contributed by atoms with Crippen LogP contribution in [0.15, 0.2) is 0 Å². The predicted molar refractivity (Wildman–Crippen MR) is 76.2 cm³/mol. The Labute approximate surface area is 112 Å². The molecule has 1 fully saturated rings. The number of amides is 1. The molecule has 2 atom stereocenters. The van der Waals surface area contributed by atoms with E-state index in [2.05, 4.69) is 27.7 Å². The van der Waals surface area contributed by atoms with Gasteiger partial charge in [-0.05, 0) is 37.6 Å². The number of hydrogen-bond acceptors (Lipinski definition) is 2. The molecule has 0 aliphatic heterocycles. The number of nitrogens with zero attached hydrogens (tertiary/aromatic N) is 1. The van der Waals surface area contributed by atoms with E-state index in [1.807, 2.05) is 4.90 Å². The highest BCUT2D eigenvalue weighted by Crippen LogP contribution is 2.41. The minimum Gasteiger partial charge on any atom is -0.342 e. The van der Waals surface area contributed by atoms with E-state index in [0.717, 1.165) is 19.5 Å². The minimum atomic E-state index is 0.161. The molecule has 1 rings (SSSR count). The molecule has 0 spiro atoms. The van der Waals surface area contributed by atoms with Crippen molar-refractivity contribution in [3.63, 3.8) is 0 Å². The zero-order chi connectivity index (χ0) is 13.8. The molecule has 3 nitrogen and oxygen atoms in total. The molecule has 18 heavy (non-hydrogen) atoms. The van der Waals surface area contributed by atoms with E-state index in [9.17, 15) is 4.79 Å². The maximum atomic E-state index is 12.7. The van der Waals surface area contributed by atoms with Crippen LogP contribution in [-0.4, -0.2) is 30.4 Å². The second kappa shape index (κ2) is 6.55. The Bertz CT molecular complexity index is 276. The molecule has 0 aromatic rings. The van der Waals surface area contributed by atoms with Crippen LogP contribution in [0.25, 0.3) is 0 Å². The number of carbonyl (C=O) groups is 1. The molecule has 106 valence electrons. The third kappa shape index (κ3) is 3.71. The summed E-state index contributed by atoms with van der Waals surface area (Å²) in [4.78, 5) is 14.7. The second-order valence-corrected chi connectivity index (χ2v) is 6.50. The highest BCUT2D eigenvalue weighted by atomic mass is 16.2. The smallest absolute Gasteiger partial charge is 0.226 e. The van der Waals surface area contributed by atoms with E-state index in [-0.39, 0.29) is 11.3 Å². The Morgan fingerprint density at radius 1 is 1.44 bits per heavy atom. The average Bonchev–Trinajstić information content (AvgIpc) is 2.34. The lowest BCUT2D eigenvalue weighted by Crippen LogP contribution is -2.45. The first kappa shape index (κ1) is 15.5. The summed E-state index contributed by atoms with van der Waals surface area (Å²) in [5.74, 6) is 0.944. The third-order valence-corrected chi connectivity index (χ3v) is 4.43. The van der Waals surface area contributed by atoms with E-state index >= 15 is 0 Å². The van der Waals surface area contributed by atoms with Crippen LogP contribution in [0.2, 0.25) is 0 Å². The maximum Gasteiger partial charge on any atom is 0.226 e. The van der Waals surface area contributed by atoms with Crippen LogP contribution < -0.4 is 5.73 Å². The van der Waals surface area contributed by atoms with E-state index in [4.69, 9.17) is 5.73 Å². The Morgan fingerprint density at radius 3 is 2.61 bits per heavy atom. The van der Waals surface area contributed by atoms with Crippen molar-refractivity contribution in [3.05, 3.63) is 0 Å². The van der Waals surface area contributed by atoms with Crippen LogP contribution in [-0.2, 0) is 4.79 Å². The van der Waals surface area contributed by atoms with Crippen LogP contribution in [0.1, 0.15) is 53.4 Å². The quantitative estimate of drug-likeness (QED) is 0.820. The highest BCUT2D eigenvalue weighted by molar-refractivity contribution is 5.79. The Morgan fingerprint density at radius 2 is 2.11 bits per heavy atom. The molecule has 0 radical (unpaired) electrons. The van der Waals surface area contributed by atoms with Crippen molar-refractivity contribution < 1.29 is 4.79 Å².